The average molecular weight is 280 g/mol. The highest BCUT2D eigenvalue weighted by molar-refractivity contribution is 5.87. The monoisotopic (exact) mass is 280 g/mol. The highest BCUT2D eigenvalue weighted by Gasteiger charge is 2.03. The Hall–Kier alpha value is -2.11. The predicted octanol–water partition coefficient (Wildman–Crippen LogP) is 1.51. The fourth-order valence-corrected chi connectivity index (χ4v) is 1.71. The molecule has 0 aliphatic heterocycles. The molecule has 1 rings (SSSR count). The molecule has 0 atom stereocenters. The van der Waals surface area contributed by atoms with Crippen LogP contribution in [0.4, 0.5) is 0 Å². The van der Waals surface area contributed by atoms with Crippen LogP contribution in [0.15, 0.2) is 15.7 Å². The van der Waals surface area contributed by atoms with E-state index in [-0.39, 0.29) is 5.56 Å². The van der Waals surface area contributed by atoms with Gasteiger partial charge in [0.05, 0.1) is 12.2 Å². The molecule has 0 saturated carbocycles. The lowest BCUT2D eigenvalue weighted by atomic mass is 10.2. The van der Waals surface area contributed by atoms with Crippen LogP contribution in [0.1, 0.15) is 43.9 Å². The summed E-state index contributed by atoms with van der Waals surface area (Å²) in [6.45, 7) is 4.08. The van der Waals surface area contributed by atoms with Gasteiger partial charge in [-0.2, -0.15) is 0 Å². The number of nitrogens with one attached hydrogen (secondary N) is 2. The number of aryl methyl sites for hydroxylation is 1. The summed E-state index contributed by atoms with van der Waals surface area (Å²) in [7, 11) is 0. The van der Waals surface area contributed by atoms with Crippen molar-refractivity contribution in [3.63, 3.8) is 0 Å². The minimum atomic E-state index is -0.567. The third-order valence-corrected chi connectivity index (χ3v) is 2.81. The number of aromatic amines is 2. The van der Waals surface area contributed by atoms with Crippen LogP contribution >= 0.6 is 0 Å². The maximum atomic E-state index is 11.5. The molecule has 20 heavy (non-hydrogen) atoms. The minimum Gasteiger partial charge on any atom is -0.463 e. The third kappa shape index (κ3) is 5.26. The van der Waals surface area contributed by atoms with Crippen molar-refractivity contribution >= 4 is 12.0 Å². The summed E-state index contributed by atoms with van der Waals surface area (Å²) in [5.74, 6) is -0.494. The van der Waals surface area contributed by atoms with Crippen LogP contribution in [0.5, 0.6) is 0 Å². The van der Waals surface area contributed by atoms with Crippen molar-refractivity contribution < 1.29 is 9.53 Å². The quantitative estimate of drug-likeness (QED) is 0.450. The van der Waals surface area contributed by atoms with E-state index < -0.39 is 17.2 Å². The van der Waals surface area contributed by atoms with Gasteiger partial charge in [0, 0.05) is 11.8 Å². The molecule has 0 bridgehead atoms. The van der Waals surface area contributed by atoms with Gasteiger partial charge in [-0.1, -0.05) is 26.2 Å². The molecule has 0 aliphatic rings. The number of hydrogen-bond acceptors (Lipinski definition) is 4. The Labute approximate surface area is 116 Å². The summed E-state index contributed by atoms with van der Waals surface area (Å²) in [6.07, 6.45) is 6.66. The van der Waals surface area contributed by atoms with E-state index in [1.807, 2.05) is 0 Å². The Morgan fingerprint density at radius 1 is 1.20 bits per heavy atom. The summed E-state index contributed by atoms with van der Waals surface area (Å²) >= 11 is 0. The number of rotatable bonds is 7. The Balaban J connectivity index is 2.54. The first-order valence-corrected chi connectivity index (χ1v) is 6.72. The summed E-state index contributed by atoms with van der Waals surface area (Å²) in [5.41, 5.74) is -0.445. The third-order valence-electron chi connectivity index (χ3n) is 2.81. The molecule has 2 N–H and O–H groups in total. The fraction of sp³-hybridized carbons (Fsp3) is 0.500. The van der Waals surface area contributed by atoms with Crippen LogP contribution in [0.25, 0.3) is 6.08 Å². The van der Waals surface area contributed by atoms with Crippen LogP contribution in [-0.4, -0.2) is 22.5 Å². The van der Waals surface area contributed by atoms with E-state index in [2.05, 4.69) is 16.9 Å². The van der Waals surface area contributed by atoms with E-state index in [0.717, 1.165) is 25.7 Å². The summed E-state index contributed by atoms with van der Waals surface area (Å²) in [6, 6.07) is 0. The normalized spacial score (nSPS) is 10.9. The van der Waals surface area contributed by atoms with Crippen LogP contribution < -0.4 is 11.2 Å². The Morgan fingerprint density at radius 2 is 1.95 bits per heavy atom. The zero-order valence-corrected chi connectivity index (χ0v) is 11.8. The van der Waals surface area contributed by atoms with Crippen molar-refractivity contribution in [3.8, 4) is 0 Å². The van der Waals surface area contributed by atoms with Crippen molar-refractivity contribution in [2.45, 2.75) is 39.5 Å². The number of carbonyl (C=O) groups is 1. The number of H-pyrrole nitrogens is 2. The molecular weight excluding hydrogens is 260 g/mol. The van der Waals surface area contributed by atoms with E-state index in [0.29, 0.717) is 12.3 Å². The minimum absolute atomic E-state index is 0.243. The highest BCUT2D eigenvalue weighted by atomic mass is 16.5. The highest BCUT2D eigenvalue weighted by Crippen LogP contribution is 2.01. The van der Waals surface area contributed by atoms with Crippen molar-refractivity contribution in [1.82, 2.24) is 9.97 Å². The molecule has 0 radical (unpaired) electrons. The van der Waals surface area contributed by atoms with Gasteiger partial charge in [-0.05, 0) is 19.4 Å². The van der Waals surface area contributed by atoms with Crippen LogP contribution in [0, 0.1) is 6.92 Å². The van der Waals surface area contributed by atoms with Gasteiger partial charge < -0.3 is 9.72 Å². The molecule has 0 fully saturated rings. The molecule has 6 heteroatoms. The second kappa shape index (κ2) is 8.14. The molecular formula is C14H20N2O4. The van der Waals surface area contributed by atoms with Gasteiger partial charge in [-0.25, -0.2) is 9.59 Å². The number of esters is 1. The first-order valence-electron chi connectivity index (χ1n) is 6.72. The molecule has 0 amide bonds. The Morgan fingerprint density at radius 3 is 2.60 bits per heavy atom. The lowest BCUT2D eigenvalue weighted by Crippen LogP contribution is -2.25. The molecule has 110 valence electrons. The van der Waals surface area contributed by atoms with Crippen molar-refractivity contribution in [3.05, 3.63) is 38.2 Å². The van der Waals surface area contributed by atoms with Crippen molar-refractivity contribution in [2.24, 2.45) is 0 Å². The molecule has 1 aromatic rings. The van der Waals surface area contributed by atoms with E-state index in [4.69, 9.17) is 4.74 Å². The lowest BCUT2D eigenvalue weighted by Gasteiger charge is -2.01. The first kappa shape index (κ1) is 15.9. The van der Waals surface area contributed by atoms with Gasteiger partial charge in [0.1, 0.15) is 0 Å². The Bertz CT molecular complexity index is 584. The smallest absolute Gasteiger partial charge is 0.330 e. The standard InChI is InChI=1S/C14H20N2O4/c1-3-4-5-6-9-20-12(17)8-7-11-10(2)15-14(19)16-13(11)18/h7-8H,3-6,9H2,1-2H3,(H2,15,16,18,19)/b8-7+. The van der Waals surface area contributed by atoms with Crippen LogP contribution in [0.2, 0.25) is 0 Å². The maximum absolute atomic E-state index is 11.5. The second-order valence-corrected chi connectivity index (χ2v) is 4.51. The van der Waals surface area contributed by atoms with Gasteiger partial charge in [0.2, 0.25) is 0 Å². The van der Waals surface area contributed by atoms with E-state index in [9.17, 15) is 14.4 Å². The summed E-state index contributed by atoms with van der Waals surface area (Å²) in [4.78, 5) is 38.5. The van der Waals surface area contributed by atoms with Gasteiger partial charge >= 0.3 is 11.7 Å². The molecule has 1 aromatic heterocycles. The van der Waals surface area contributed by atoms with Crippen molar-refractivity contribution in [2.75, 3.05) is 6.61 Å². The molecule has 1 heterocycles. The number of aromatic nitrogens is 2. The average Bonchev–Trinajstić information content (AvgIpc) is 2.37. The molecule has 0 spiro atoms. The largest absolute Gasteiger partial charge is 0.463 e. The molecule has 0 saturated heterocycles. The maximum Gasteiger partial charge on any atom is 0.330 e. The lowest BCUT2D eigenvalue weighted by molar-refractivity contribution is -0.137. The molecule has 0 aromatic carbocycles. The number of unbranched alkanes of at least 4 members (excludes halogenated alkanes) is 3. The van der Waals surface area contributed by atoms with Crippen LogP contribution in [-0.2, 0) is 9.53 Å². The summed E-state index contributed by atoms with van der Waals surface area (Å²) in [5, 5.41) is 0. The molecule has 0 unspecified atom stereocenters. The SMILES string of the molecule is CCCCCCOC(=O)/C=C/c1c(C)[nH]c(=O)[nH]c1=O. The second-order valence-electron chi connectivity index (χ2n) is 4.51. The van der Waals surface area contributed by atoms with E-state index in [1.54, 1.807) is 6.92 Å². The van der Waals surface area contributed by atoms with Gasteiger partial charge in [0.25, 0.3) is 5.56 Å². The van der Waals surface area contributed by atoms with Gasteiger partial charge in [0.15, 0.2) is 0 Å². The van der Waals surface area contributed by atoms with Crippen molar-refractivity contribution in [1.29, 1.82) is 0 Å². The number of hydrogen-bond donors (Lipinski definition) is 2. The first-order chi connectivity index (χ1) is 9.54. The number of ether oxygens (including phenoxy) is 1. The molecule has 0 aliphatic carbocycles. The zero-order chi connectivity index (χ0) is 15.0. The van der Waals surface area contributed by atoms with E-state index >= 15 is 0 Å². The van der Waals surface area contributed by atoms with Crippen LogP contribution in [0.3, 0.4) is 0 Å². The summed E-state index contributed by atoms with van der Waals surface area (Å²) < 4.78 is 5.00. The number of carbonyl (C=O) groups excluding carboxylic acids is 1. The van der Waals surface area contributed by atoms with E-state index in [1.165, 1.54) is 12.2 Å². The topological polar surface area (TPSA) is 92.0 Å². The molecule has 6 nitrogen and oxygen atoms in total. The van der Waals surface area contributed by atoms with Gasteiger partial charge in [-0.15, -0.1) is 0 Å². The zero-order valence-electron chi connectivity index (χ0n) is 11.8. The Kier molecular flexibility index (Phi) is 6.49. The fourth-order valence-electron chi connectivity index (χ4n) is 1.71. The van der Waals surface area contributed by atoms with Gasteiger partial charge in [-0.3, -0.25) is 9.78 Å². The predicted molar refractivity (Wildman–Crippen MR) is 76.6 cm³/mol.